The zero-order chi connectivity index (χ0) is 14.7. The van der Waals surface area contributed by atoms with Crippen molar-refractivity contribution in [2.24, 2.45) is 17.8 Å². The molecule has 1 aromatic carbocycles. The van der Waals surface area contributed by atoms with E-state index in [1.54, 1.807) is 0 Å². The molecular formula is C17H18N4O. The van der Waals surface area contributed by atoms with Crippen molar-refractivity contribution in [3.63, 3.8) is 0 Å². The molecule has 5 rings (SSSR count). The highest BCUT2D eigenvalue weighted by molar-refractivity contribution is 5.79. The number of aliphatic hydroxyl groups is 1. The fraction of sp³-hybridized carbons (Fsp3) is 0.412. The van der Waals surface area contributed by atoms with Crippen molar-refractivity contribution in [2.45, 2.75) is 6.42 Å². The van der Waals surface area contributed by atoms with E-state index in [1.807, 2.05) is 22.6 Å². The standard InChI is InChI=1S/C17H18N4O/c22-8-6-11-12-9-20(10-13(11)12)16-5-7-21-15-4-2-1-3-14(15)18-17(21)19-16/h1-5,7,11-13,22H,6,8-10H2/t11?,12-,13+. The molecule has 0 spiro atoms. The number of piperidine rings is 1. The predicted molar refractivity (Wildman–Crippen MR) is 84.9 cm³/mol. The molecule has 0 bridgehead atoms. The van der Waals surface area contributed by atoms with Gasteiger partial charge in [-0.1, -0.05) is 12.1 Å². The second-order valence-electron chi connectivity index (χ2n) is 6.47. The maximum absolute atomic E-state index is 9.07. The molecule has 0 amide bonds. The summed E-state index contributed by atoms with van der Waals surface area (Å²) in [6, 6.07) is 10.2. The van der Waals surface area contributed by atoms with E-state index in [0.29, 0.717) is 6.61 Å². The lowest BCUT2D eigenvalue weighted by Crippen LogP contribution is -2.25. The van der Waals surface area contributed by atoms with Crippen LogP contribution in [0.4, 0.5) is 5.82 Å². The van der Waals surface area contributed by atoms with E-state index in [4.69, 9.17) is 10.1 Å². The number of fused-ring (bicyclic) bond motifs is 4. The molecule has 1 aliphatic heterocycles. The Bertz CT molecular complexity index is 846. The van der Waals surface area contributed by atoms with Crippen molar-refractivity contribution in [3.8, 4) is 0 Å². The summed E-state index contributed by atoms with van der Waals surface area (Å²) in [5.74, 6) is 4.04. The lowest BCUT2D eigenvalue weighted by atomic mass is 10.2. The number of nitrogens with zero attached hydrogens (tertiary/aromatic N) is 4. The van der Waals surface area contributed by atoms with Gasteiger partial charge in [0.15, 0.2) is 0 Å². The second kappa shape index (κ2) is 4.43. The normalized spacial score (nSPS) is 26.8. The molecule has 2 fully saturated rings. The Morgan fingerprint density at radius 1 is 1.09 bits per heavy atom. The number of benzene rings is 1. The van der Waals surface area contributed by atoms with Crippen molar-refractivity contribution in [1.82, 2.24) is 14.4 Å². The van der Waals surface area contributed by atoms with Crippen molar-refractivity contribution < 1.29 is 5.11 Å². The van der Waals surface area contributed by atoms with Gasteiger partial charge in [0.1, 0.15) is 5.82 Å². The van der Waals surface area contributed by atoms with Crippen LogP contribution in [-0.4, -0.2) is 39.2 Å². The maximum atomic E-state index is 9.07. The average molecular weight is 294 g/mol. The van der Waals surface area contributed by atoms with E-state index in [-0.39, 0.29) is 0 Å². The number of para-hydroxylation sites is 2. The summed E-state index contributed by atoms with van der Waals surface area (Å²) in [5.41, 5.74) is 2.09. The Labute approximate surface area is 128 Å². The minimum absolute atomic E-state index is 0.322. The van der Waals surface area contributed by atoms with E-state index in [2.05, 4.69) is 28.2 Å². The number of aliphatic hydroxyl groups excluding tert-OH is 1. The fourth-order valence-corrected chi connectivity index (χ4v) is 4.13. The summed E-state index contributed by atoms with van der Waals surface area (Å²) in [5, 5.41) is 9.07. The zero-order valence-electron chi connectivity index (χ0n) is 12.3. The van der Waals surface area contributed by atoms with Crippen LogP contribution in [0.15, 0.2) is 36.5 Å². The maximum Gasteiger partial charge on any atom is 0.236 e. The lowest BCUT2D eigenvalue weighted by molar-refractivity contribution is 0.273. The van der Waals surface area contributed by atoms with Crippen LogP contribution in [0.1, 0.15) is 6.42 Å². The summed E-state index contributed by atoms with van der Waals surface area (Å²) in [4.78, 5) is 11.7. The van der Waals surface area contributed by atoms with Crippen LogP contribution >= 0.6 is 0 Å². The highest BCUT2D eigenvalue weighted by Gasteiger charge is 2.55. The highest BCUT2D eigenvalue weighted by atomic mass is 16.3. The summed E-state index contributed by atoms with van der Waals surface area (Å²) in [6.45, 7) is 2.46. The van der Waals surface area contributed by atoms with Gasteiger partial charge in [-0.25, -0.2) is 4.98 Å². The van der Waals surface area contributed by atoms with Crippen LogP contribution < -0.4 is 4.90 Å². The van der Waals surface area contributed by atoms with Gasteiger partial charge in [-0.3, -0.25) is 4.40 Å². The van der Waals surface area contributed by atoms with Crippen LogP contribution in [0, 0.1) is 17.8 Å². The first kappa shape index (κ1) is 12.4. The molecule has 1 unspecified atom stereocenters. The first-order valence-corrected chi connectivity index (χ1v) is 7.95. The molecule has 3 heterocycles. The van der Waals surface area contributed by atoms with Crippen LogP contribution in [0.25, 0.3) is 16.8 Å². The molecule has 1 aliphatic carbocycles. The van der Waals surface area contributed by atoms with Crippen molar-refractivity contribution in [3.05, 3.63) is 36.5 Å². The Balaban J connectivity index is 1.46. The van der Waals surface area contributed by atoms with Crippen LogP contribution in [0.2, 0.25) is 0 Å². The zero-order valence-corrected chi connectivity index (χ0v) is 12.3. The Morgan fingerprint density at radius 2 is 1.91 bits per heavy atom. The molecule has 2 aliphatic rings. The fourth-order valence-electron chi connectivity index (χ4n) is 4.13. The molecule has 3 aromatic rings. The van der Waals surface area contributed by atoms with Crippen molar-refractivity contribution in [2.75, 3.05) is 24.6 Å². The summed E-state index contributed by atoms with van der Waals surface area (Å²) in [6.07, 6.45) is 3.03. The number of aromatic nitrogens is 3. The Hall–Kier alpha value is -2.14. The van der Waals surface area contributed by atoms with Crippen LogP contribution in [0.5, 0.6) is 0 Å². The first-order chi connectivity index (χ1) is 10.8. The molecule has 2 aromatic heterocycles. The van der Waals surface area contributed by atoms with E-state index >= 15 is 0 Å². The van der Waals surface area contributed by atoms with Gasteiger partial charge in [0.05, 0.1) is 11.0 Å². The third kappa shape index (κ3) is 1.69. The minimum atomic E-state index is 0.322. The minimum Gasteiger partial charge on any atom is -0.396 e. The predicted octanol–water partition coefficient (Wildman–Crippen LogP) is 1.95. The third-order valence-corrected chi connectivity index (χ3v) is 5.32. The molecule has 1 saturated heterocycles. The molecule has 5 nitrogen and oxygen atoms in total. The SMILES string of the molecule is OCCC1[C@H]2CN(c3ccn4c(n3)nc3ccccc34)C[C@@H]12. The third-order valence-electron chi connectivity index (χ3n) is 5.32. The Kier molecular flexibility index (Phi) is 2.50. The molecule has 22 heavy (non-hydrogen) atoms. The summed E-state index contributed by atoms with van der Waals surface area (Å²) >= 11 is 0. The van der Waals surface area contributed by atoms with E-state index in [1.165, 1.54) is 0 Å². The van der Waals surface area contributed by atoms with E-state index < -0.39 is 0 Å². The molecule has 0 radical (unpaired) electrons. The van der Waals surface area contributed by atoms with E-state index in [9.17, 15) is 0 Å². The molecule has 1 saturated carbocycles. The largest absolute Gasteiger partial charge is 0.396 e. The summed E-state index contributed by atoms with van der Waals surface area (Å²) in [7, 11) is 0. The number of hydrogen-bond donors (Lipinski definition) is 1. The Morgan fingerprint density at radius 3 is 2.73 bits per heavy atom. The van der Waals surface area contributed by atoms with E-state index in [0.717, 1.165) is 59.9 Å². The molecule has 1 N–H and O–H groups in total. The van der Waals surface area contributed by atoms with Gasteiger partial charge in [0.25, 0.3) is 0 Å². The average Bonchev–Trinajstić information content (AvgIpc) is 2.93. The van der Waals surface area contributed by atoms with Crippen molar-refractivity contribution >= 4 is 22.6 Å². The monoisotopic (exact) mass is 294 g/mol. The van der Waals surface area contributed by atoms with Crippen LogP contribution in [-0.2, 0) is 0 Å². The smallest absolute Gasteiger partial charge is 0.236 e. The summed E-state index contributed by atoms with van der Waals surface area (Å²) < 4.78 is 2.05. The number of hydrogen-bond acceptors (Lipinski definition) is 4. The van der Waals surface area contributed by atoms with Crippen LogP contribution in [0.3, 0.4) is 0 Å². The van der Waals surface area contributed by atoms with Gasteiger partial charge >= 0.3 is 0 Å². The molecular weight excluding hydrogens is 276 g/mol. The number of imidazole rings is 1. The van der Waals surface area contributed by atoms with Gasteiger partial charge in [-0.15, -0.1) is 0 Å². The lowest BCUT2D eigenvalue weighted by Gasteiger charge is -2.20. The van der Waals surface area contributed by atoms with Gasteiger partial charge in [0.2, 0.25) is 5.78 Å². The van der Waals surface area contributed by atoms with Gasteiger partial charge in [-0.2, -0.15) is 4.98 Å². The number of anilines is 1. The van der Waals surface area contributed by atoms with Gasteiger partial charge < -0.3 is 10.0 Å². The quantitative estimate of drug-likeness (QED) is 0.802. The topological polar surface area (TPSA) is 53.7 Å². The highest BCUT2D eigenvalue weighted by Crippen LogP contribution is 2.53. The van der Waals surface area contributed by atoms with Gasteiger partial charge in [0, 0.05) is 25.9 Å². The first-order valence-electron chi connectivity index (χ1n) is 7.95. The van der Waals surface area contributed by atoms with Gasteiger partial charge in [-0.05, 0) is 42.4 Å². The van der Waals surface area contributed by atoms with Crippen molar-refractivity contribution in [1.29, 1.82) is 0 Å². The molecule has 112 valence electrons. The molecule has 3 atom stereocenters. The number of rotatable bonds is 3. The second-order valence-corrected chi connectivity index (χ2v) is 6.47. The molecule has 5 heteroatoms.